The number of nitrogens with two attached hydrogens (primary N) is 1. The molecule has 1 atom stereocenters. The summed E-state index contributed by atoms with van der Waals surface area (Å²) < 4.78 is 22.8. The summed E-state index contributed by atoms with van der Waals surface area (Å²) in [6.07, 6.45) is 0. The van der Waals surface area contributed by atoms with E-state index in [2.05, 4.69) is 4.74 Å². The zero-order valence-electron chi connectivity index (χ0n) is 9.20. The molecule has 2 N–H and O–H groups in total. The number of halogens is 1. The van der Waals surface area contributed by atoms with Crippen LogP contribution in [-0.4, -0.2) is 19.7 Å². The summed E-state index contributed by atoms with van der Waals surface area (Å²) in [7, 11) is 1.26. The Labute approximate surface area is 93.2 Å². The second-order valence-corrected chi connectivity index (χ2v) is 3.34. The lowest BCUT2D eigenvalue weighted by molar-refractivity contribution is -0.142. The number of carbonyl (C=O) groups excluding carboxylic acids is 1. The van der Waals surface area contributed by atoms with Crippen LogP contribution in [0.4, 0.5) is 4.39 Å². The van der Waals surface area contributed by atoms with Gasteiger partial charge in [0.15, 0.2) is 6.61 Å². The van der Waals surface area contributed by atoms with E-state index < -0.39 is 11.8 Å². The van der Waals surface area contributed by atoms with E-state index in [0.717, 1.165) is 0 Å². The standard InChI is InChI=1S/C11H14FNO3/c1-7(13)9-4-3-8(5-10(9)12)16-6-11(14)15-2/h3-5,7H,6,13H2,1-2H3/t7-/m1/s1. The van der Waals surface area contributed by atoms with E-state index in [1.807, 2.05) is 0 Å². The molecule has 88 valence electrons. The van der Waals surface area contributed by atoms with Gasteiger partial charge >= 0.3 is 5.97 Å². The Morgan fingerprint density at radius 3 is 2.75 bits per heavy atom. The minimum Gasteiger partial charge on any atom is -0.482 e. The number of hydrogen-bond acceptors (Lipinski definition) is 4. The smallest absolute Gasteiger partial charge is 0.343 e. The van der Waals surface area contributed by atoms with Gasteiger partial charge in [0.25, 0.3) is 0 Å². The van der Waals surface area contributed by atoms with Crippen molar-refractivity contribution in [2.45, 2.75) is 13.0 Å². The van der Waals surface area contributed by atoms with Crippen LogP contribution in [-0.2, 0) is 9.53 Å². The van der Waals surface area contributed by atoms with Gasteiger partial charge in [-0.25, -0.2) is 9.18 Å². The SMILES string of the molecule is COC(=O)COc1ccc([C@@H](C)N)c(F)c1. The first kappa shape index (κ1) is 12.4. The molecule has 1 aromatic carbocycles. The summed E-state index contributed by atoms with van der Waals surface area (Å²) in [5, 5.41) is 0. The van der Waals surface area contributed by atoms with Crippen molar-refractivity contribution in [1.29, 1.82) is 0 Å². The minimum absolute atomic E-state index is 0.243. The van der Waals surface area contributed by atoms with E-state index >= 15 is 0 Å². The van der Waals surface area contributed by atoms with Gasteiger partial charge in [-0.2, -0.15) is 0 Å². The molecule has 1 rings (SSSR count). The number of rotatable bonds is 4. The summed E-state index contributed by atoms with van der Waals surface area (Å²) in [5.41, 5.74) is 5.96. The van der Waals surface area contributed by atoms with Crippen molar-refractivity contribution in [2.24, 2.45) is 5.73 Å². The first-order valence-corrected chi connectivity index (χ1v) is 4.79. The number of benzene rings is 1. The maximum Gasteiger partial charge on any atom is 0.343 e. The topological polar surface area (TPSA) is 61.5 Å². The van der Waals surface area contributed by atoms with Crippen LogP contribution in [0.15, 0.2) is 18.2 Å². The third-order valence-electron chi connectivity index (χ3n) is 2.05. The number of hydrogen-bond donors (Lipinski definition) is 1. The Hall–Kier alpha value is -1.62. The summed E-state index contributed by atoms with van der Waals surface area (Å²) >= 11 is 0. The van der Waals surface area contributed by atoms with Crippen LogP contribution in [0.25, 0.3) is 0 Å². The molecule has 4 nitrogen and oxygen atoms in total. The number of esters is 1. The lowest BCUT2D eigenvalue weighted by atomic mass is 10.1. The zero-order chi connectivity index (χ0) is 12.1. The summed E-state index contributed by atoms with van der Waals surface area (Å²) in [6, 6.07) is 3.91. The molecule has 0 bridgehead atoms. The number of ether oxygens (including phenoxy) is 2. The molecular formula is C11H14FNO3. The largest absolute Gasteiger partial charge is 0.482 e. The average Bonchev–Trinajstić information content (AvgIpc) is 2.25. The van der Waals surface area contributed by atoms with Gasteiger partial charge in [-0.3, -0.25) is 0 Å². The molecule has 0 aliphatic rings. The van der Waals surface area contributed by atoms with Crippen LogP contribution in [0.1, 0.15) is 18.5 Å². The van der Waals surface area contributed by atoms with E-state index in [1.165, 1.54) is 19.2 Å². The van der Waals surface area contributed by atoms with Crippen LogP contribution in [0.2, 0.25) is 0 Å². The molecule has 16 heavy (non-hydrogen) atoms. The van der Waals surface area contributed by atoms with E-state index in [0.29, 0.717) is 5.56 Å². The first-order chi connectivity index (χ1) is 7.54. The molecule has 0 aliphatic heterocycles. The quantitative estimate of drug-likeness (QED) is 0.790. The molecule has 0 saturated heterocycles. The maximum atomic E-state index is 13.4. The molecule has 1 aromatic rings. The summed E-state index contributed by atoms with van der Waals surface area (Å²) in [6.45, 7) is 1.45. The molecule has 0 aromatic heterocycles. The van der Waals surface area contributed by atoms with Gasteiger partial charge in [-0.1, -0.05) is 6.07 Å². The highest BCUT2D eigenvalue weighted by molar-refractivity contribution is 5.70. The van der Waals surface area contributed by atoms with Crippen LogP contribution in [0.5, 0.6) is 5.75 Å². The summed E-state index contributed by atoms with van der Waals surface area (Å²) in [5.74, 6) is -0.693. The zero-order valence-corrected chi connectivity index (χ0v) is 9.20. The third-order valence-corrected chi connectivity index (χ3v) is 2.05. The van der Waals surface area contributed by atoms with Crippen molar-refractivity contribution in [3.05, 3.63) is 29.6 Å². The fourth-order valence-electron chi connectivity index (χ4n) is 1.17. The van der Waals surface area contributed by atoms with Gasteiger partial charge in [0, 0.05) is 17.7 Å². The van der Waals surface area contributed by atoms with E-state index in [9.17, 15) is 9.18 Å². The molecule has 0 radical (unpaired) electrons. The Balaban J connectivity index is 2.70. The molecular weight excluding hydrogens is 213 g/mol. The fraction of sp³-hybridized carbons (Fsp3) is 0.364. The van der Waals surface area contributed by atoms with Crippen LogP contribution >= 0.6 is 0 Å². The van der Waals surface area contributed by atoms with Gasteiger partial charge < -0.3 is 15.2 Å². The molecule has 0 fully saturated rings. The molecule has 0 saturated carbocycles. The van der Waals surface area contributed by atoms with Crippen molar-refractivity contribution < 1.29 is 18.7 Å². The number of methoxy groups -OCH3 is 1. The molecule has 0 spiro atoms. The van der Waals surface area contributed by atoms with Gasteiger partial charge in [-0.05, 0) is 13.0 Å². The lowest BCUT2D eigenvalue weighted by Crippen LogP contribution is -2.13. The van der Waals surface area contributed by atoms with Crippen LogP contribution in [0, 0.1) is 5.82 Å². The molecule has 0 aliphatic carbocycles. The highest BCUT2D eigenvalue weighted by Crippen LogP contribution is 2.20. The normalized spacial score (nSPS) is 12.0. The lowest BCUT2D eigenvalue weighted by Gasteiger charge is -2.09. The summed E-state index contributed by atoms with van der Waals surface area (Å²) in [4.78, 5) is 10.8. The van der Waals surface area contributed by atoms with Gasteiger partial charge in [0.1, 0.15) is 11.6 Å². The second-order valence-electron chi connectivity index (χ2n) is 3.34. The Bertz CT molecular complexity index is 379. The predicted octanol–water partition coefficient (Wildman–Crippen LogP) is 1.40. The van der Waals surface area contributed by atoms with Crippen LogP contribution in [0.3, 0.4) is 0 Å². The van der Waals surface area contributed by atoms with Gasteiger partial charge in [0.2, 0.25) is 0 Å². The Morgan fingerprint density at radius 2 is 2.25 bits per heavy atom. The Morgan fingerprint density at radius 1 is 1.56 bits per heavy atom. The monoisotopic (exact) mass is 227 g/mol. The molecule has 0 unspecified atom stereocenters. The maximum absolute atomic E-state index is 13.4. The predicted molar refractivity (Wildman–Crippen MR) is 56.5 cm³/mol. The highest BCUT2D eigenvalue weighted by Gasteiger charge is 2.09. The van der Waals surface area contributed by atoms with Crippen molar-refractivity contribution >= 4 is 5.97 Å². The molecule has 0 heterocycles. The van der Waals surface area contributed by atoms with Crippen molar-refractivity contribution in [1.82, 2.24) is 0 Å². The van der Waals surface area contributed by atoms with Crippen LogP contribution < -0.4 is 10.5 Å². The van der Waals surface area contributed by atoms with E-state index in [-0.39, 0.29) is 18.4 Å². The fourth-order valence-corrected chi connectivity index (χ4v) is 1.17. The molecule has 0 amide bonds. The number of carbonyl (C=O) groups is 1. The minimum atomic E-state index is -0.517. The van der Waals surface area contributed by atoms with Crippen molar-refractivity contribution in [3.8, 4) is 5.75 Å². The first-order valence-electron chi connectivity index (χ1n) is 4.79. The average molecular weight is 227 g/mol. The van der Waals surface area contributed by atoms with E-state index in [1.54, 1.807) is 13.0 Å². The van der Waals surface area contributed by atoms with Crippen molar-refractivity contribution in [3.63, 3.8) is 0 Å². The Kier molecular flexibility index (Phi) is 4.25. The van der Waals surface area contributed by atoms with Gasteiger partial charge in [-0.15, -0.1) is 0 Å². The third kappa shape index (κ3) is 3.20. The van der Waals surface area contributed by atoms with E-state index in [4.69, 9.17) is 10.5 Å². The van der Waals surface area contributed by atoms with Crippen molar-refractivity contribution in [2.75, 3.05) is 13.7 Å². The van der Waals surface area contributed by atoms with Gasteiger partial charge in [0.05, 0.1) is 7.11 Å². The second kappa shape index (κ2) is 5.46. The molecule has 5 heteroatoms. The highest BCUT2D eigenvalue weighted by atomic mass is 19.1.